The van der Waals surface area contributed by atoms with Crippen LogP contribution in [0.3, 0.4) is 0 Å². The summed E-state index contributed by atoms with van der Waals surface area (Å²) in [5.41, 5.74) is 2.24. The zero-order valence-corrected chi connectivity index (χ0v) is 12.8. The van der Waals surface area contributed by atoms with Crippen molar-refractivity contribution in [3.05, 3.63) is 29.8 Å². The highest BCUT2D eigenvalue weighted by Gasteiger charge is 2.36. The lowest BCUT2D eigenvalue weighted by Gasteiger charge is -2.37. The maximum Gasteiger partial charge on any atom is 0.228 e. The Balaban J connectivity index is 2.00. The molecule has 1 fully saturated rings. The topological polar surface area (TPSA) is 41.1 Å². The molecule has 1 unspecified atom stereocenters. The summed E-state index contributed by atoms with van der Waals surface area (Å²) >= 11 is 0. The van der Waals surface area contributed by atoms with Crippen molar-refractivity contribution in [2.45, 2.75) is 46.1 Å². The third kappa shape index (κ3) is 3.60. The molecule has 2 rings (SSSR count). The lowest BCUT2D eigenvalue weighted by molar-refractivity contribution is -0.124. The number of amides is 1. The van der Waals surface area contributed by atoms with Gasteiger partial charge in [-0.05, 0) is 43.0 Å². The summed E-state index contributed by atoms with van der Waals surface area (Å²) < 4.78 is 0. The molecule has 110 valence electrons. The molecule has 20 heavy (non-hydrogen) atoms. The van der Waals surface area contributed by atoms with Gasteiger partial charge in [0, 0.05) is 18.2 Å². The molecular weight excluding hydrogens is 248 g/mol. The van der Waals surface area contributed by atoms with Crippen LogP contribution in [0.2, 0.25) is 0 Å². The molecule has 0 aliphatic heterocycles. The highest BCUT2D eigenvalue weighted by atomic mass is 16.1. The summed E-state index contributed by atoms with van der Waals surface area (Å²) in [6.07, 6.45) is 4.57. The number of anilines is 1. The first-order valence-electron chi connectivity index (χ1n) is 7.57. The van der Waals surface area contributed by atoms with E-state index in [0.29, 0.717) is 0 Å². The molecule has 1 aromatic rings. The van der Waals surface area contributed by atoms with Crippen molar-refractivity contribution < 1.29 is 4.79 Å². The van der Waals surface area contributed by atoms with E-state index in [-0.39, 0.29) is 17.2 Å². The highest BCUT2D eigenvalue weighted by Crippen LogP contribution is 2.41. The molecule has 0 aromatic heterocycles. The molecule has 3 heteroatoms. The van der Waals surface area contributed by atoms with Crippen molar-refractivity contribution in [3.8, 4) is 0 Å². The van der Waals surface area contributed by atoms with Gasteiger partial charge in [-0.15, -0.1) is 0 Å². The van der Waals surface area contributed by atoms with Gasteiger partial charge in [0.1, 0.15) is 0 Å². The molecule has 1 saturated carbocycles. The smallest absolute Gasteiger partial charge is 0.228 e. The van der Waals surface area contributed by atoms with Crippen LogP contribution in [0.1, 0.15) is 45.1 Å². The normalized spacial score (nSPS) is 21.4. The van der Waals surface area contributed by atoms with Gasteiger partial charge >= 0.3 is 0 Å². The van der Waals surface area contributed by atoms with Crippen LogP contribution in [-0.2, 0) is 11.3 Å². The molecule has 1 amide bonds. The van der Waals surface area contributed by atoms with Gasteiger partial charge in [-0.3, -0.25) is 4.79 Å². The lowest BCUT2D eigenvalue weighted by Crippen LogP contribution is -2.37. The predicted octanol–water partition coefficient (Wildman–Crippen LogP) is 3.56. The molecule has 3 nitrogen and oxygen atoms in total. The van der Waals surface area contributed by atoms with E-state index >= 15 is 0 Å². The van der Waals surface area contributed by atoms with E-state index in [0.717, 1.165) is 25.1 Å². The van der Waals surface area contributed by atoms with E-state index in [1.54, 1.807) is 0 Å². The molecule has 2 N–H and O–H groups in total. The number of hydrogen-bond donors (Lipinski definition) is 2. The Morgan fingerprint density at radius 2 is 1.95 bits per heavy atom. The van der Waals surface area contributed by atoms with Crippen molar-refractivity contribution in [1.29, 1.82) is 0 Å². The predicted molar refractivity (Wildman–Crippen MR) is 83.6 cm³/mol. The van der Waals surface area contributed by atoms with Crippen LogP contribution in [0.4, 0.5) is 5.69 Å². The van der Waals surface area contributed by atoms with E-state index in [1.165, 1.54) is 18.4 Å². The van der Waals surface area contributed by atoms with Crippen LogP contribution in [0.5, 0.6) is 0 Å². The second-order valence-electron chi connectivity index (χ2n) is 6.50. The molecule has 1 aliphatic rings. The van der Waals surface area contributed by atoms with E-state index in [1.807, 2.05) is 19.2 Å². The second-order valence-corrected chi connectivity index (χ2v) is 6.50. The Kier molecular flexibility index (Phi) is 4.81. The monoisotopic (exact) mass is 274 g/mol. The quantitative estimate of drug-likeness (QED) is 0.881. The van der Waals surface area contributed by atoms with Crippen LogP contribution in [-0.4, -0.2) is 13.0 Å². The second kappa shape index (κ2) is 6.40. The van der Waals surface area contributed by atoms with Crippen molar-refractivity contribution in [1.82, 2.24) is 5.32 Å². The third-order valence-electron chi connectivity index (χ3n) is 4.43. The van der Waals surface area contributed by atoms with Gasteiger partial charge < -0.3 is 10.6 Å². The van der Waals surface area contributed by atoms with Crippen LogP contribution in [0.15, 0.2) is 24.3 Å². The van der Waals surface area contributed by atoms with Crippen molar-refractivity contribution in [2.24, 2.45) is 11.3 Å². The maximum absolute atomic E-state index is 12.5. The van der Waals surface area contributed by atoms with Gasteiger partial charge in [0.15, 0.2) is 0 Å². The summed E-state index contributed by atoms with van der Waals surface area (Å²) in [6.45, 7) is 5.28. The van der Waals surface area contributed by atoms with Gasteiger partial charge in [0.05, 0.1) is 0 Å². The molecule has 1 aliphatic carbocycles. The number of benzene rings is 1. The number of nitrogens with one attached hydrogen (secondary N) is 2. The first-order chi connectivity index (χ1) is 9.53. The van der Waals surface area contributed by atoms with Crippen LogP contribution < -0.4 is 10.6 Å². The maximum atomic E-state index is 12.5. The summed E-state index contributed by atoms with van der Waals surface area (Å²) in [7, 11) is 1.93. The minimum Gasteiger partial charge on any atom is -0.326 e. The van der Waals surface area contributed by atoms with Crippen LogP contribution in [0.25, 0.3) is 0 Å². The minimum absolute atomic E-state index is 0.119. The molecule has 0 spiro atoms. The molecular formula is C17H26N2O. The van der Waals surface area contributed by atoms with E-state index in [4.69, 9.17) is 0 Å². The number of hydrogen-bond acceptors (Lipinski definition) is 2. The standard InChI is InChI=1S/C17H26N2O/c1-17(2)11-5-4-6-15(17)16(20)19-14-9-7-13(8-10-14)12-18-3/h7-10,15,18H,4-6,11-12H2,1-3H3,(H,19,20). The summed E-state index contributed by atoms with van der Waals surface area (Å²) in [6, 6.07) is 8.08. The van der Waals surface area contributed by atoms with Crippen molar-refractivity contribution in [2.75, 3.05) is 12.4 Å². The molecule has 1 aromatic carbocycles. The number of carbonyl (C=O) groups excluding carboxylic acids is 1. The average Bonchev–Trinajstić information content (AvgIpc) is 2.40. The number of rotatable bonds is 4. The van der Waals surface area contributed by atoms with Gasteiger partial charge in [-0.1, -0.05) is 38.8 Å². The zero-order chi connectivity index (χ0) is 14.6. The molecule has 0 heterocycles. The van der Waals surface area contributed by atoms with Gasteiger partial charge in [-0.25, -0.2) is 0 Å². The molecule has 0 radical (unpaired) electrons. The zero-order valence-electron chi connectivity index (χ0n) is 12.8. The van der Waals surface area contributed by atoms with Crippen LogP contribution in [0, 0.1) is 11.3 Å². The van der Waals surface area contributed by atoms with Crippen molar-refractivity contribution in [3.63, 3.8) is 0 Å². The lowest BCUT2D eigenvalue weighted by atomic mass is 9.68. The van der Waals surface area contributed by atoms with Crippen molar-refractivity contribution >= 4 is 11.6 Å². The average molecular weight is 274 g/mol. The summed E-state index contributed by atoms with van der Waals surface area (Å²) in [5, 5.41) is 6.20. The largest absolute Gasteiger partial charge is 0.326 e. The fourth-order valence-electron chi connectivity index (χ4n) is 3.12. The molecule has 0 saturated heterocycles. The Morgan fingerprint density at radius 1 is 1.25 bits per heavy atom. The Bertz CT molecular complexity index is 451. The van der Waals surface area contributed by atoms with E-state index in [9.17, 15) is 4.79 Å². The van der Waals surface area contributed by atoms with E-state index < -0.39 is 0 Å². The SMILES string of the molecule is CNCc1ccc(NC(=O)C2CCCCC2(C)C)cc1. The number of carbonyl (C=O) groups is 1. The fraction of sp³-hybridized carbons (Fsp3) is 0.588. The first kappa shape index (κ1) is 15.0. The molecule has 1 atom stereocenters. The highest BCUT2D eigenvalue weighted by molar-refractivity contribution is 5.93. The minimum atomic E-state index is 0.119. The Labute approximate surface area is 122 Å². The summed E-state index contributed by atoms with van der Waals surface area (Å²) in [4.78, 5) is 12.5. The third-order valence-corrected chi connectivity index (χ3v) is 4.43. The summed E-state index contributed by atoms with van der Waals surface area (Å²) in [5.74, 6) is 0.310. The van der Waals surface area contributed by atoms with E-state index in [2.05, 4.69) is 36.6 Å². The van der Waals surface area contributed by atoms with Gasteiger partial charge in [0.2, 0.25) is 5.91 Å². The van der Waals surface area contributed by atoms with Gasteiger partial charge in [-0.2, -0.15) is 0 Å². The fourth-order valence-corrected chi connectivity index (χ4v) is 3.12. The molecule has 0 bridgehead atoms. The van der Waals surface area contributed by atoms with Crippen LogP contribution >= 0.6 is 0 Å². The Morgan fingerprint density at radius 3 is 2.55 bits per heavy atom. The Hall–Kier alpha value is -1.35. The first-order valence-corrected chi connectivity index (χ1v) is 7.57. The van der Waals surface area contributed by atoms with Gasteiger partial charge in [0.25, 0.3) is 0 Å².